The lowest BCUT2D eigenvalue weighted by molar-refractivity contribution is -0.173. The van der Waals surface area contributed by atoms with Crippen LogP contribution in [-0.2, 0) is 27.9 Å². The predicted molar refractivity (Wildman–Crippen MR) is 222 cm³/mol. The number of fused-ring (bicyclic) bond motifs is 5. The van der Waals surface area contributed by atoms with E-state index < -0.39 is 28.8 Å². The van der Waals surface area contributed by atoms with Crippen molar-refractivity contribution in [1.82, 2.24) is 9.80 Å². The first kappa shape index (κ1) is 44.2. The van der Waals surface area contributed by atoms with Crippen molar-refractivity contribution in [2.45, 2.75) is 162 Å². The summed E-state index contributed by atoms with van der Waals surface area (Å²) in [6.07, 6.45) is 10.9. The Bertz CT molecular complexity index is 1450. The van der Waals surface area contributed by atoms with Crippen molar-refractivity contribution in [3.8, 4) is 0 Å². The predicted octanol–water partition coefficient (Wildman–Crippen LogP) is 9.15. The van der Waals surface area contributed by atoms with Gasteiger partial charge in [0.25, 0.3) is 11.8 Å². The molecule has 2 amide bonds. The van der Waals surface area contributed by atoms with Crippen LogP contribution >= 0.6 is 0 Å². The minimum Gasteiger partial charge on any atom is -0.414 e. The van der Waals surface area contributed by atoms with E-state index in [-0.39, 0.29) is 58.1 Å². The Hall–Kier alpha value is -1.57. The quantitative estimate of drug-likeness (QED) is 0.137. The molecule has 4 rings (SSSR count). The Labute approximate surface area is 325 Å². The Balaban J connectivity index is 1.74. The minimum absolute atomic E-state index is 0.00449. The fourth-order valence-electron chi connectivity index (χ4n) is 8.87. The topological polar surface area (TPSA) is 77.5 Å². The fourth-order valence-corrected chi connectivity index (χ4v) is 10.9. The summed E-state index contributed by atoms with van der Waals surface area (Å²) in [5, 5.41) is -0.000150. The number of likely N-dealkylation sites (N-methyl/N-ethyl adjacent to an activating group) is 2. The largest absolute Gasteiger partial charge is 0.414 e. The van der Waals surface area contributed by atoms with Gasteiger partial charge in [-0.25, -0.2) is 0 Å². The zero-order valence-electron chi connectivity index (χ0n) is 36.7. The number of rotatable bonds is 13. The summed E-state index contributed by atoms with van der Waals surface area (Å²) in [6.45, 7) is 29.8. The van der Waals surface area contributed by atoms with E-state index in [2.05, 4.69) is 107 Å². The number of ether oxygens (including phenoxy) is 2. The van der Waals surface area contributed by atoms with E-state index in [1.54, 1.807) is 43.6 Å². The van der Waals surface area contributed by atoms with Crippen LogP contribution in [0.2, 0.25) is 36.3 Å². The van der Waals surface area contributed by atoms with Gasteiger partial charge >= 0.3 is 0 Å². The number of carbonyl (C=O) groups excluding carboxylic acids is 2. The van der Waals surface area contributed by atoms with Crippen LogP contribution in [0, 0.1) is 22.7 Å². The molecule has 53 heavy (non-hydrogen) atoms. The second kappa shape index (κ2) is 15.8. The first-order valence-corrected chi connectivity index (χ1v) is 26.1. The van der Waals surface area contributed by atoms with E-state index in [0.29, 0.717) is 24.7 Å². The van der Waals surface area contributed by atoms with Crippen molar-refractivity contribution in [3.63, 3.8) is 0 Å². The highest BCUT2D eigenvalue weighted by molar-refractivity contribution is 6.74. The molecule has 0 aliphatic heterocycles. The highest BCUT2D eigenvalue weighted by atomic mass is 28.4. The molecule has 0 aromatic rings. The summed E-state index contributed by atoms with van der Waals surface area (Å²) < 4.78 is 27.4. The summed E-state index contributed by atoms with van der Waals surface area (Å²) in [4.78, 5) is 30.9. The van der Waals surface area contributed by atoms with Crippen molar-refractivity contribution in [1.29, 1.82) is 0 Å². The summed E-state index contributed by atoms with van der Waals surface area (Å²) in [6, 6.07) is 0. The summed E-state index contributed by atoms with van der Waals surface area (Å²) >= 11 is 0. The highest BCUT2D eigenvalue weighted by Gasteiger charge is 2.58. The highest BCUT2D eigenvalue weighted by Crippen LogP contribution is 2.64. The normalized spacial score (nSPS) is 30.2. The van der Waals surface area contributed by atoms with Crippen LogP contribution in [0.1, 0.15) is 101 Å². The van der Waals surface area contributed by atoms with E-state index in [9.17, 15) is 9.59 Å². The van der Waals surface area contributed by atoms with Crippen LogP contribution in [0.15, 0.2) is 34.9 Å². The van der Waals surface area contributed by atoms with Crippen molar-refractivity contribution in [2.24, 2.45) is 22.7 Å². The molecule has 8 atom stereocenters. The molecule has 0 bridgehead atoms. The molecule has 0 N–H and O–H groups in total. The van der Waals surface area contributed by atoms with Gasteiger partial charge in [0.1, 0.15) is 0 Å². The number of hydrogen-bond donors (Lipinski definition) is 0. The SMILES string of the molecule is CCC1=CC[C@H]2C3=CC=C4CC(OC(CO[Si](C)(C)C(C)(C)C)C(=O)N(C)C)CC(OC(CO[Si](C)(C)C(C)(C)C)C(=O)N(C)C)[C@]4(C)[C@H]3CC[C@]12C. The van der Waals surface area contributed by atoms with E-state index in [1.165, 1.54) is 11.1 Å². The van der Waals surface area contributed by atoms with Crippen LogP contribution in [0.4, 0.5) is 0 Å². The average Bonchev–Trinajstić information content (AvgIpc) is 3.39. The van der Waals surface area contributed by atoms with Crippen molar-refractivity contribution in [3.05, 3.63) is 34.9 Å². The lowest BCUT2D eigenvalue weighted by Crippen LogP contribution is -2.56. The number of hydrogen-bond acceptors (Lipinski definition) is 6. The third kappa shape index (κ3) is 8.73. The van der Waals surface area contributed by atoms with E-state index >= 15 is 0 Å². The Morgan fingerprint density at radius 1 is 0.830 bits per heavy atom. The van der Waals surface area contributed by atoms with Gasteiger partial charge < -0.3 is 28.1 Å². The molecule has 4 aliphatic rings. The molecule has 2 saturated carbocycles. The standard InChI is InChI=1S/C43H76N2O6Si2/c1-18-29-20-22-33-32-21-19-30-25-31(50-35(38(46)44(10)11)27-48-52(14,15)40(2,3)4)26-37(43(30,9)34(32)23-24-42(29,33)8)51-36(39(47)45(12)13)28-49-53(16,17)41(5,6)7/h19-21,31,33-37H,18,22-28H2,1-17H3/t31?,33-,34-,35?,36?,37?,42+,43-/m0/s1. The third-order valence-electron chi connectivity index (χ3n) is 14.6. The van der Waals surface area contributed by atoms with Gasteiger partial charge in [0.2, 0.25) is 0 Å². The summed E-state index contributed by atoms with van der Waals surface area (Å²) in [5.74, 6) is 0.606. The van der Waals surface area contributed by atoms with Gasteiger partial charge in [0.15, 0.2) is 28.8 Å². The van der Waals surface area contributed by atoms with Gasteiger partial charge in [0.05, 0.1) is 25.4 Å². The molecule has 8 nitrogen and oxygen atoms in total. The average molecular weight is 773 g/mol. The summed E-state index contributed by atoms with van der Waals surface area (Å²) in [5.41, 5.74) is 4.29. The maximum Gasteiger partial charge on any atom is 0.253 e. The lowest BCUT2D eigenvalue weighted by Gasteiger charge is -2.57. The Kier molecular flexibility index (Phi) is 13.1. The molecule has 10 heteroatoms. The monoisotopic (exact) mass is 773 g/mol. The van der Waals surface area contributed by atoms with Crippen molar-refractivity contribution < 1.29 is 27.9 Å². The van der Waals surface area contributed by atoms with Crippen LogP contribution in [-0.4, -0.2) is 104 Å². The molecule has 0 aromatic heterocycles. The van der Waals surface area contributed by atoms with Crippen LogP contribution in [0.3, 0.4) is 0 Å². The first-order chi connectivity index (χ1) is 24.2. The van der Waals surface area contributed by atoms with Gasteiger partial charge in [-0.3, -0.25) is 9.59 Å². The van der Waals surface area contributed by atoms with E-state index in [1.807, 2.05) is 0 Å². The summed E-state index contributed by atoms with van der Waals surface area (Å²) in [7, 11) is 2.83. The fraction of sp³-hybridized carbons (Fsp3) is 0.814. The molecule has 0 saturated heterocycles. The minimum atomic E-state index is -2.18. The molecule has 0 radical (unpaired) electrons. The zero-order chi connectivity index (χ0) is 40.1. The third-order valence-corrected chi connectivity index (χ3v) is 23.6. The second-order valence-electron chi connectivity index (χ2n) is 20.4. The molecule has 0 heterocycles. The van der Waals surface area contributed by atoms with Crippen LogP contribution in [0.25, 0.3) is 0 Å². The molecule has 302 valence electrons. The molecule has 4 aliphatic carbocycles. The number of allylic oxidation sites excluding steroid dienone is 5. The molecule has 0 aromatic carbocycles. The molecule has 4 unspecified atom stereocenters. The molecule has 2 fully saturated rings. The maximum absolute atomic E-state index is 14.0. The van der Waals surface area contributed by atoms with Crippen molar-refractivity contribution in [2.75, 3.05) is 41.4 Å². The van der Waals surface area contributed by atoms with Gasteiger partial charge in [-0.2, -0.15) is 0 Å². The smallest absolute Gasteiger partial charge is 0.253 e. The van der Waals surface area contributed by atoms with E-state index in [0.717, 1.165) is 25.7 Å². The van der Waals surface area contributed by atoms with E-state index in [4.69, 9.17) is 18.3 Å². The van der Waals surface area contributed by atoms with Crippen LogP contribution in [0.5, 0.6) is 0 Å². The van der Waals surface area contributed by atoms with Gasteiger partial charge in [0, 0.05) is 40.0 Å². The lowest BCUT2D eigenvalue weighted by atomic mass is 9.49. The zero-order valence-corrected chi connectivity index (χ0v) is 38.7. The maximum atomic E-state index is 14.0. The number of amides is 2. The molecule has 0 spiro atoms. The van der Waals surface area contributed by atoms with Gasteiger partial charge in [-0.1, -0.05) is 97.3 Å². The molecular formula is C43H76N2O6Si2. The first-order valence-electron chi connectivity index (χ1n) is 20.3. The van der Waals surface area contributed by atoms with Crippen molar-refractivity contribution >= 4 is 28.4 Å². The second-order valence-corrected chi connectivity index (χ2v) is 30.0. The van der Waals surface area contributed by atoms with Gasteiger partial charge in [-0.15, -0.1) is 0 Å². The Morgan fingerprint density at radius 2 is 1.34 bits per heavy atom. The molecular weight excluding hydrogens is 697 g/mol. The number of carbonyl (C=O) groups is 2. The van der Waals surface area contributed by atoms with Gasteiger partial charge in [-0.05, 0) is 85.6 Å². The van der Waals surface area contributed by atoms with Crippen LogP contribution < -0.4 is 0 Å². The number of nitrogens with zero attached hydrogens (tertiary/aromatic N) is 2. The Morgan fingerprint density at radius 3 is 1.81 bits per heavy atom.